The van der Waals surface area contributed by atoms with E-state index in [4.69, 9.17) is 9.73 Å². The number of ether oxygens (including phenoxy) is 1. The van der Waals surface area contributed by atoms with Gasteiger partial charge in [-0.2, -0.15) is 0 Å². The molecule has 166 valence electrons. The van der Waals surface area contributed by atoms with Crippen molar-refractivity contribution in [2.75, 3.05) is 92.8 Å². The van der Waals surface area contributed by atoms with Crippen LogP contribution in [-0.2, 0) is 9.53 Å². The van der Waals surface area contributed by atoms with E-state index >= 15 is 0 Å². The number of urea groups is 1. The minimum atomic E-state index is -0.509. The number of hydrogen-bond donors (Lipinski definition) is 0. The molecule has 0 radical (unpaired) electrons. The van der Waals surface area contributed by atoms with E-state index in [0.717, 1.165) is 71.4 Å². The average Bonchev–Trinajstić information content (AvgIpc) is 3.14. The highest BCUT2D eigenvalue weighted by Gasteiger charge is 2.53. The molecule has 0 aliphatic carbocycles. The summed E-state index contributed by atoms with van der Waals surface area (Å²) < 4.78 is 7.58. The van der Waals surface area contributed by atoms with Crippen LogP contribution in [0.3, 0.4) is 0 Å². The van der Waals surface area contributed by atoms with E-state index in [1.807, 2.05) is 0 Å². The average molecular weight is 421 g/mol. The second kappa shape index (κ2) is 9.09. The highest BCUT2D eigenvalue weighted by molar-refractivity contribution is 6.23. The van der Waals surface area contributed by atoms with Gasteiger partial charge in [0, 0.05) is 59.9 Å². The van der Waals surface area contributed by atoms with Crippen molar-refractivity contribution in [1.29, 1.82) is 0 Å². The van der Waals surface area contributed by atoms with E-state index in [9.17, 15) is 9.59 Å². The first kappa shape index (κ1) is 21.4. The van der Waals surface area contributed by atoms with Gasteiger partial charge in [0.1, 0.15) is 6.54 Å². The first-order valence-corrected chi connectivity index (χ1v) is 11.0. The first-order valence-electron chi connectivity index (χ1n) is 11.0. The zero-order valence-electron chi connectivity index (χ0n) is 18.4. The van der Waals surface area contributed by atoms with Crippen LogP contribution < -0.4 is 0 Å². The Labute approximate surface area is 178 Å². The van der Waals surface area contributed by atoms with Crippen LogP contribution in [-0.4, -0.2) is 151 Å². The number of aliphatic imine (C=N–C) groups is 1. The van der Waals surface area contributed by atoms with Gasteiger partial charge < -0.3 is 9.64 Å². The SMILES string of the molecule is CCN1CCN(CC2=[N+](CCN3CCOCC3)C3C(=O)N(C)C(=O)N(C)C3=N2)CC1. The normalized spacial score (nSPS) is 27.2. The van der Waals surface area contributed by atoms with Crippen LogP contribution in [0.4, 0.5) is 4.79 Å². The Morgan fingerprint density at radius 2 is 1.63 bits per heavy atom. The van der Waals surface area contributed by atoms with Gasteiger partial charge in [-0.3, -0.25) is 24.4 Å². The Kier molecular flexibility index (Phi) is 6.47. The van der Waals surface area contributed by atoms with Crippen molar-refractivity contribution in [2.45, 2.75) is 13.0 Å². The van der Waals surface area contributed by atoms with Crippen molar-refractivity contribution in [3.05, 3.63) is 0 Å². The Bertz CT molecular complexity index is 739. The zero-order chi connectivity index (χ0) is 21.3. The quantitative estimate of drug-likeness (QED) is 0.496. The summed E-state index contributed by atoms with van der Waals surface area (Å²) in [5.74, 6) is 1.27. The summed E-state index contributed by atoms with van der Waals surface area (Å²) in [6.07, 6.45) is 0. The molecule has 10 heteroatoms. The molecule has 0 spiro atoms. The van der Waals surface area contributed by atoms with Gasteiger partial charge in [-0.25, -0.2) is 9.37 Å². The van der Waals surface area contributed by atoms with Crippen LogP contribution in [0.2, 0.25) is 0 Å². The number of hydrogen-bond acceptors (Lipinski definition) is 7. The second-order valence-corrected chi connectivity index (χ2v) is 8.39. The van der Waals surface area contributed by atoms with Gasteiger partial charge in [0.25, 0.3) is 17.8 Å². The second-order valence-electron chi connectivity index (χ2n) is 8.39. The molecule has 3 saturated heterocycles. The number of likely N-dealkylation sites (N-methyl/N-ethyl adjacent to an activating group) is 3. The van der Waals surface area contributed by atoms with Gasteiger partial charge in [0.2, 0.25) is 0 Å². The fraction of sp³-hybridized carbons (Fsp3) is 0.800. The molecule has 10 nitrogen and oxygen atoms in total. The summed E-state index contributed by atoms with van der Waals surface area (Å²) >= 11 is 0. The monoisotopic (exact) mass is 420 g/mol. The molecule has 1 atom stereocenters. The highest BCUT2D eigenvalue weighted by Crippen LogP contribution is 2.19. The standard InChI is InChI=1S/C20H34N7O3/c1-4-24-5-7-26(8-6-24)15-16-21-18-17(19(28)23(3)20(29)22(18)2)27(16)10-9-25-11-13-30-14-12-25/h17H,4-15H2,1-3H3/q+1. The lowest BCUT2D eigenvalue weighted by Gasteiger charge is -2.33. The molecule has 0 aromatic rings. The molecule has 4 aliphatic rings. The number of rotatable bonds is 6. The lowest BCUT2D eigenvalue weighted by Crippen LogP contribution is -2.62. The number of morpholine rings is 1. The van der Waals surface area contributed by atoms with E-state index in [2.05, 4.69) is 26.2 Å². The van der Waals surface area contributed by atoms with Crippen LogP contribution in [0.5, 0.6) is 0 Å². The largest absolute Gasteiger partial charge is 0.379 e. The molecule has 3 amide bonds. The molecule has 3 fully saturated rings. The summed E-state index contributed by atoms with van der Waals surface area (Å²) in [6, 6.07) is -0.827. The van der Waals surface area contributed by atoms with E-state index in [1.54, 1.807) is 14.1 Å². The van der Waals surface area contributed by atoms with Crippen molar-refractivity contribution < 1.29 is 18.9 Å². The van der Waals surface area contributed by atoms with Crippen LogP contribution in [0, 0.1) is 0 Å². The number of amides is 3. The van der Waals surface area contributed by atoms with Gasteiger partial charge in [-0.05, 0) is 11.5 Å². The minimum Gasteiger partial charge on any atom is -0.379 e. The van der Waals surface area contributed by atoms with Gasteiger partial charge in [-0.1, -0.05) is 6.92 Å². The van der Waals surface area contributed by atoms with Gasteiger partial charge in [-0.15, -0.1) is 0 Å². The molecular formula is C20H34N7O3+. The van der Waals surface area contributed by atoms with Crippen molar-refractivity contribution in [3.8, 4) is 0 Å². The minimum absolute atomic E-state index is 0.190. The zero-order valence-corrected chi connectivity index (χ0v) is 18.4. The van der Waals surface area contributed by atoms with Crippen LogP contribution >= 0.6 is 0 Å². The van der Waals surface area contributed by atoms with E-state index in [0.29, 0.717) is 18.9 Å². The third-order valence-electron chi connectivity index (χ3n) is 6.65. The molecule has 0 N–H and O–H groups in total. The van der Waals surface area contributed by atoms with Gasteiger partial charge in [0.05, 0.1) is 19.8 Å². The number of amidine groups is 2. The molecule has 0 bridgehead atoms. The molecule has 0 aromatic heterocycles. The van der Waals surface area contributed by atoms with Crippen molar-refractivity contribution in [1.82, 2.24) is 24.5 Å². The molecule has 4 heterocycles. The molecule has 4 aliphatic heterocycles. The van der Waals surface area contributed by atoms with Crippen LogP contribution in [0.25, 0.3) is 0 Å². The molecule has 30 heavy (non-hydrogen) atoms. The topological polar surface area (TPSA) is 74.9 Å². The van der Waals surface area contributed by atoms with E-state index in [-0.39, 0.29) is 11.9 Å². The Morgan fingerprint density at radius 3 is 2.30 bits per heavy atom. The first-order chi connectivity index (χ1) is 14.5. The summed E-state index contributed by atoms with van der Waals surface area (Å²) in [7, 11) is 3.26. The molecule has 0 saturated carbocycles. The maximum Gasteiger partial charge on any atom is 0.333 e. The van der Waals surface area contributed by atoms with Crippen molar-refractivity contribution in [3.63, 3.8) is 0 Å². The maximum atomic E-state index is 13.0. The lowest BCUT2D eigenvalue weighted by atomic mass is 10.1. The van der Waals surface area contributed by atoms with Crippen LogP contribution in [0.15, 0.2) is 4.99 Å². The van der Waals surface area contributed by atoms with E-state index < -0.39 is 6.04 Å². The number of carbonyl (C=O) groups excluding carboxylic acids is 2. The summed E-state index contributed by atoms with van der Waals surface area (Å²) in [5, 5.41) is 0. The number of nitrogens with zero attached hydrogens (tertiary/aromatic N) is 7. The lowest BCUT2D eigenvalue weighted by molar-refractivity contribution is -0.536. The third kappa shape index (κ3) is 4.14. The maximum absolute atomic E-state index is 13.0. The van der Waals surface area contributed by atoms with Crippen molar-refractivity contribution in [2.24, 2.45) is 4.99 Å². The molecule has 4 rings (SSSR count). The van der Waals surface area contributed by atoms with Gasteiger partial charge in [0.15, 0.2) is 0 Å². The highest BCUT2D eigenvalue weighted by atomic mass is 16.5. The Morgan fingerprint density at radius 1 is 0.967 bits per heavy atom. The summed E-state index contributed by atoms with van der Waals surface area (Å²) in [5.41, 5.74) is 0. The number of carbonyl (C=O) groups is 2. The number of fused-ring (bicyclic) bond motifs is 1. The van der Waals surface area contributed by atoms with Crippen molar-refractivity contribution >= 4 is 23.6 Å². The van der Waals surface area contributed by atoms with Gasteiger partial charge >= 0.3 is 11.9 Å². The summed E-state index contributed by atoms with van der Waals surface area (Å²) in [4.78, 5) is 40.3. The Balaban J connectivity index is 1.54. The predicted octanol–water partition coefficient (Wildman–Crippen LogP) is -1.33. The number of piperazine rings is 1. The predicted molar refractivity (Wildman–Crippen MR) is 113 cm³/mol. The number of imide groups is 1. The fourth-order valence-electron chi connectivity index (χ4n) is 4.57. The molecule has 0 aromatic carbocycles. The fourth-order valence-corrected chi connectivity index (χ4v) is 4.57. The Hall–Kier alpha value is -1.88. The molecular weight excluding hydrogens is 386 g/mol. The summed E-state index contributed by atoms with van der Waals surface area (Å²) in [6.45, 7) is 13.0. The smallest absolute Gasteiger partial charge is 0.333 e. The third-order valence-corrected chi connectivity index (χ3v) is 6.65. The molecule has 1 unspecified atom stereocenters. The van der Waals surface area contributed by atoms with E-state index in [1.165, 1.54) is 9.80 Å². The van der Waals surface area contributed by atoms with Crippen LogP contribution in [0.1, 0.15) is 6.92 Å².